The molecule has 5 nitrogen and oxygen atoms in total. The summed E-state index contributed by atoms with van der Waals surface area (Å²) in [4.78, 5) is 13.7. The van der Waals surface area contributed by atoms with Crippen molar-refractivity contribution in [3.05, 3.63) is 23.8 Å². The molecule has 1 aromatic rings. The van der Waals surface area contributed by atoms with Crippen LogP contribution in [0.4, 0.5) is 11.4 Å². The van der Waals surface area contributed by atoms with E-state index in [1.54, 1.807) is 17.9 Å². The van der Waals surface area contributed by atoms with Gasteiger partial charge in [-0.25, -0.2) is 8.42 Å². The Bertz CT molecular complexity index is 611. The van der Waals surface area contributed by atoms with Gasteiger partial charge < -0.3 is 10.6 Å². The van der Waals surface area contributed by atoms with Crippen molar-refractivity contribution in [3.63, 3.8) is 0 Å². The first-order valence-electron chi connectivity index (χ1n) is 6.82. The number of nitrogens with zero attached hydrogens (tertiary/aromatic N) is 1. The van der Waals surface area contributed by atoms with E-state index in [1.165, 1.54) is 0 Å². The summed E-state index contributed by atoms with van der Waals surface area (Å²) in [5, 5.41) is 0. The Morgan fingerprint density at radius 1 is 1.30 bits per heavy atom. The Morgan fingerprint density at radius 3 is 2.75 bits per heavy atom. The summed E-state index contributed by atoms with van der Waals surface area (Å²) in [6.45, 7) is 2.08. The lowest BCUT2D eigenvalue weighted by Gasteiger charge is -2.29. The number of carbonyl (C=O) groups is 1. The van der Waals surface area contributed by atoms with Gasteiger partial charge in [0.25, 0.3) is 0 Å². The Hall–Kier alpha value is -1.56. The smallest absolute Gasteiger partial charge is 0.227 e. The third-order valence-electron chi connectivity index (χ3n) is 3.58. The first-order chi connectivity index (χ1) is 9.43. The number of hydrogen-bond donors (Lipinski definition) is 1. The maximum Gasteiger partial charge on any atom is 0.227 e. The first kappa shape index (κ1) is 14.8. The normalized spacial score (nSPS) is 15.2. The minimum atomic E-state index is -2.98. The Morgan fingerprint density at radius 2 is 2.05 bits per heavy atom. The number of amides is 1. The Labute approximate surface area is 119 Å². The van der Waals surface area contributed by atoms with Crippen LogP contribution in [-0.4, -0.2) is 32.4 Å². The van der Waals surface area contributed by atoms with Gasteiger partial charge in [-0.3, -0.25) is 4.79 Å². The molecule has 1 aliphatic heterocycles. The van der Waals surface area contributed by atoms with Gasteiger partial charge in [-0.15, -0.1) is 0 Å². The zero-order chi connectivity index (χ0) is 14.8. The number of sulfone groups is 1. The molecule has 0 atom stereocenters. The molecular weight excluding hydrogens is 276 g/mol. The highest BCUT2D eigenvalue weighted by atomic mass is 32.2. The van der Waals surface area contributed by atoms with Gasteiger partial charge in [0.1, 0.15) is 9.84 Å². The van der Waals surface area contributed by atoms with Crippen molar-refractivity contribution >= 4 is 27.1 Å². The predicted octanol–water partition coefficient (Wildman–Crippen LogP) is 1.37. The van der Waals surface area contributed by atoms with Crippen LogP contribution in [0.2, 0.25) is 0 Å². The molecule has 2 N–H and O–H groups in total. The largest absolute Gasteiger partial charge is 0.399 e. The van der Waals surface area contributed by atoms with E-state index >= 15 is 0 Å². The Balaban J connectivity index is 2.10. The number of aryl methyl sites for hydroxylation is 1. The zero-order valence-corrected chi connectivity index (χ0v) is 12.4. The summed E-state index contributed by atoms with van der Waals surface area (Å²) in [5.41, 5.74) is 8.36. The van der Waals surface area contributed by atoms with Crippen LogP contribution < -0.4 is 10.6 Å². The molecule has 110 valence electrons. The summed E-state index contributed by atoms with van der Waals surface area (Å²) in [6.07, 6.45) is 1.62. The van der Waals surface area contributed by atoms with Crippen molar-refractivity contribution in [3.8, 4) is 0 Å². The third-order valence-corrected chi connectivity index (χ3v) is 5.37. The maximum atomic E-state index is 12.0. The fraction of sp³-hybridized carbons (Fsp3) is 0.500. The summed E-state index contributed by atoms with van der Waals surface area (Å²) >= 11 is 0. The van der Waals surface area contributed by atoms with Crippen LogP contribution in [0.15, 0.2) is 18.2 Å². The van der Waals surface area contributed by atoms with Gasteiger partial charge in [0, 0.05) is 30.1 Å². The molecule has 0 saturated carbocycles. The highest BCUT2D eigenvalue weighted by molar-refractivity contribution is 7.91. The third kappa shape index (κ3) is 3.30. The molecule has 1 amide bonds. The second kappa shape index (κ2) is 5.83. The maximum absolute atomic E-state index is 12.0. The summed E-state index contributed by atoms with van der Waals surface area (Å²) < 4.78 is 23.0. The van der Waals surface area contributed by atoms with Crippen LogP contribution in [0.3, 0.4) is 0 Å². The van der Waals surface area contributed by atoms with E-state index in [4.69, 9.17) is 5.73 Å². The molecule has 6 heteroatoms. The summed E-state index contributed by atoms with van der Waals surface area (Å²) in [7, 11) is -2.98. The van der Waals surface area contributed by atoms with E-state index in [0.29, 0.717) is 31.5 Å². The second-order valence-electron chi connectivity index (χ2n) is 5.02. The molecule has 0 aromatic heterocycles. The molecule has 1 heterocycles. The minimum absolute atomic E-state index is 0.0520. The van der Waals surface area contributed by atoms with E-state index in [1.807, 2.05) is 12.1 Å². The fourth-order valence-corrected chi connectivity index (χ4v) is 3.27. The van der Waals surface area contributed by atoms with Crippen LogP contribution in [-0.2, 0) is 21.1 Å². The number of benzene rings is 1. The van der Waals surface area contributed by atoms with Crippen LogP contribution >= 0.6 is 0 Å². The Kier molecular flexibility index (Phi) is 4.32. The SMILES string of the molecule is CCS(=O)(=O)CCCN1C(=O)CCc2cc(N)ccc21. The molecule has 0 spiro atoms. The number of anilines is 2. The lowest BCUT2D eigenvalue weighted by molar-refractivity contribution is -0.118. The van der Waals surface area contributed by atoms with Crippen LogP contribution in [0.5, 0.6) is 0 Å². The number of hydrogen-bond acceptors (Lipinski definition) is 4. The van der Waals surface area contributed by atoms with E-state index in [-0.39, 0.29) is 17.4 Å². The lowest BCUT2D eigenvalue weighted by Crippen LogP contribution is -2.36. The molecule has 0 bridgehead atoms. The van der Waals surface area contributed by atoms with Crippen molar-refractivity contribution in [1.29, 1.82) is 0 Å². The zero-order valence-electron chi connectivity index (χ0n) is 11.6. The number of nitrogens with two attached hydrogens (primary N) is 1. The quantitative estimate of drug-likeness (QED) is 0.832. The highest BCUT2D eigenvalue weighted by Crippen LogP contribution is 2.29. The molecule has 1 aliphatic rings. The average Bonchev–Trinajstić information content (AvgIpc) is 2.41. The van der Waals surface area contributed by atoms with Crippen LogP contribution in [0.1, 0.15) is 25.3 Å². The minimum Gasteiger partial charge on any atom is -0.399 e. The van der Waals surface area contributed by atoms with Gasteiger partial charge in [-0.2, -0.15) is 0 Å². The van der Waals surface area contributed by atoms with Gasteiger partial charge in [0.05, 0.1) is 5.75 Å². The lowest BCUT2D eigenvalue weighted by atomic mass is 10.0. The van der Waals surface area contributed by atoms with E-state index in [0.717, 1.165) is 11.3 Å². The molecular formula is C14H20N2O3S. The van der Waals surface area contributed by atoms with E-state index < -0.39 is 9.84 Å². The number of carbonyl (C=O) groups excluding carboxylic acids is 1. The van der Waals surface area contributed by atoms with Gasteiger partial charge >= 0.3 is 0 Å². The summed E-state index contributed by atoms with van der Waals surface area (Å²) in [5.74, 6) is 0.322. The standard InChI is InChI=1S/C14H20N2O3S/c1-2-20(18,19)9-3-8-16-13-6-5-12(15)10-11(13)4-7-14(16)17/h5-6,10H,2-4,7-9,15H2,1H3. The van der Waals surface area contributed by atoms with Crippen molar-refractivity contribution in [2.24, 2.45) is 0 Å². The fourth-order valence-electron chi connectivity index (χ4n) is 2.41. The second-order valence-corrected chi connectivity index (χ2v) is 7.50. The highest BCUT2D eigenvalue weighted by Gasteiger charge is 2.24. The molecule has 0 fully saturated rings. The van der Waals surface area contributed by atoms with Gasteiger partial charge in [-0.1, -0.05) is 6.92 Å². The van der Waals surface area contributed by atoms with Crippen molar-refractivity contribution in [2.75, 3.05) is 28.7 Å². The van der Waals surface area contributed by atoms with Crippen molar-refractivity contribution in [1.82, 2.24) is 0 Å². The van der Waals surface area contributed by atoms with Crippen LogP contribution in [0, 0.1) is 0 Å². The number of rotatable bonds is 5. The number of nitrogen functional groups attached to an aromatic ring is 1. The average molecular weight is 296 g/mol. The van der Waals surface area contributed by atoms with Crippen molar-refractivity contribution < 1.29 is 13.2 Å². The van der Waals surface area contributed by atoms with Crippen LogP contribution in [0.25, 0.3) is 0 Å². The number of fused-ring (bicyclic) bond motifs is 1. The first-order valence-corrected chi connectivity index (χ1v) is 8.64. The molecule has 0 radical (unpaired) electrons. The van der Waals surface area contributed by atoms with Crippen molar-refractivity contribution in [2.45, 2.75) is 26.2 Å². The molecule has 1 aromatic carbocycles. The molecule has 2 rings (SSSR count). The van der Waals surface area contributed by atoms with Gasteiger partial charge in [0.15, 0.2) is 0 Å². The monoisotopic (exact) mass is 296 g/mol. The predicted molar refractivity (Wildman–Crippen MR) is 80.5 cm³/mol. The molecule has 20 heavy (non-hydrogen) atoms. The molecule has 0 aliphatic carbocycles. The van der Waals surface area contributed by atoms with E-state index in [2.05, 4.69) is 0 Å². The molecule has 0 unspecified atom stereocenters. The topological polar surface area (TPSA) is 80.5 Å². The molecule has 0 saturated heterocycles. The van der Waals surface area contributed by atoms with Gasteiger partial charge in [0.2, 0.25) is 5.91 Å². The summed E-state index contributed by atoms with van der Waals surface area (Å²) in [6, 6.07) is 5.50. The van der Waals surface area contributed by atoms with E-state index in [9.17, 15) is 13.2 Å². The van der Waals surface area contributed by atoms with Gasteiger partial charge in [-0.05, 0) is 36.6 Å².